The van der Waals surface area contributed by atoms with E-state index in [-0.39, 0.29) is 47.6 Å². The first-order chi connectivity index (χ1) is 2.41. The van der Waals surface area contributed by atoms with E-state index in [9.17, 15) is 0 Å². The molecular formula is C5H18NY-. The summed E-state index contributed by atoms with van der Waals surface area (Å²) in [6.07, 6.45) is 0. The summed E-state index contributed by atoms with van der Waals surface area (Å²) in [7, 11) is 1.54. The van der Waals surface area contributed by atoms with Gasteiger partial charge in [-0.15, -0.1) is 0 Å². The molecule has 1 radical (unpaired) electrons. The second-order valence-corrected chi connectivity index (χ2v) is 0. The average molecular weight is 182 g/mol. The minimum absolute atomic E-state index is 0. The summed E-state index contributed by atoms with van der Waals surface area (Å²) in [4.78, 5) is 0. The van der Waals surface area contributed by atoms with E-state index in [1.54, 1.807) is 7.05 Å². The van der Waals surface area contributed by atoms with E-state index in [0.29, 0.717) is 0 Å². The molecule has 0 atom stereocenters. The Bertz CT molecular complexity index is 12.4. The Labute approximate surface area is 75.4 Å². The van der Waals surface area contributed by atoms with Crippen molar-refractivity contribution in [1.29, 1.82) is 0 Å². The fraction of sp³-hybridized carbons (Fsp3) is 0.800. The van der Waals surface area contributed by atoms with Gasteiger partial charge in [0.15, 0.2) is 0 Å². The maximum absolute atomic E-state index is 5.96. The van der Waals surface area contributed by atoms with Crippen molar-refractivity contribution in [2.24, 2.45) is 5.73 Å². The minimum Gasteiger partial charge on any atom is -0.358 e. The van der Waals surface area contributed by atoms with E-state index in [1.165, 1.54) is 0 Å². The molecule has 2 heteroatoms. The van der Waals surface area contributed by atoms with E-state index >= 15 is 0 Å². The Hall–Kier alpha value is 1.06. The number of rotatable bonds is 0. The maximum atomic E-state index is 5.96. The Morgan fingerprint density at radius 1 is 1.43 bits per heavy atom. The Kier molecular flexibility index (Phi) is 799. The van der Waals surface area contributed by atoms with Gasteiger partial charge in [0.05, 0.1) is 0 Å². The van der Waals surface area contributed by atoms with Crippen molar-refractivity contribution in [3.8, 4) is 0 Å². The first kappa shape index (κ1) is 24.4. The van der Waals surface area contributed by atoms with Crippen LogP contribution in [0.2, 0.25) is 1.41 Å². The fourth-order valence-corrected chi connectivity index (χ4v) is 0. The standard InChI is InChI=1S/C2H6.CH5N.CH4.CH3.Y/c2*1-2;;;/h1-2H3;2H2,1H3;1H4;1H3;/q;;;-1;/i/hD. The monoisotopic (exact) mass is 182 g/mol. The molecule has 0 bridgehead atoms. The number of hydrogen-bond acceptors (Lipinski definition) is 1. The molecular weight excluding hydrogens is 163 g/mol. The number of hydrogen-bond donors (Lipinski definition) is 1. The molecule has 0 saturated carbocycles. The van der Waals surface area contributed by atoms with Gasteiger partial charge < -0.3 is 13.2 Å². The van der Waals surface area contributed by atoms with E-state index < -0.39 is 0 Å². The predicted octanol–water partition coefficient (Wildman–Crippen LogP) is 1.68. The van der Waals surface area contributed by atoms with Crippen LogP contribution >= 0.6 is 0 Å². The van der Waals surface area contributed by atoms with E-state index in [1.807, 2.05) is 19.6 Å². The van der Waals surface area contributed by atoms with Crippen LogP contribution in [0.15, 0.2) is 0 Å². The molecule has 0 aliphatic carbocycles. The van der Waals surface area contributed by atoms with Gasteiger partial charge >= 0.3 is 0 Å². The van der Waals surface area contributed by atoms with Crippen molar-refractivity contribution >= 4 is 0 Å². The molecule has 0 aliphatic heterocycles. The van der Waals surface area contributed by atoms with Crippen molar-refractivity contribution in [3.63, 3.8) is 0 Å². The zero-order chi connectivity index (χ0) is 4.71. The molecule has 0 spiro atoms. The molecule has 2 N–H and O–H groups in total. The van der Waals surface area contributed by atoms with Crippen LogP contribution in [0, 0.1) is 7.43 Å². The average Bonchev–Trinajstić information content (AvgIpc) is 1.46. The van der Waals surface area contributed by atoms with Gasteiger partial charge in [-0.2, -0.15) is 0 Å². The van der Waals surface area contributed by atoms with Gasteiger partial charge in [0.1, 0.15) is 1.41 Å². The summed E-state index contributed by atoms with van der Waals surface area (Å²) in [5.74, 6) is 0. The smallest absolute Gasteiger partial charge is 0.118 e. The Morgan fingerprint density at radius 3 is 1.43 bits per heavy atom. The maximum Gasteiger partial charge on any atom is 0.118 e. The summed E-state index contributed by atoms with van der Waals surface area (Å²) in [6.45, 7) is 4.00. The summed E-state index contributed by atoms with van der Waals surface area (Å²) >= 11 is 0. The third kappa shape index (κ3) is 160. The molecule has 0 aromatic carbocycles. The molecule has 0 amide bonds. The molecule has 7 heavy (non-hydrogen) atoms. The van der Waals surface area contributed by atoms with Crippen LogP contribution in [-0.2, 0) is 32.7 Å². The van der Waals surface area contributed by atoms with Crippen LogP contribution < -0.4 is 5.73 Å². The van der Waals surface area contributed by atoms with Crippen LogP contribution in [0.4, 0.5) is 0 Å². The Morgan fingerprint density at radius 2 is 1.43 bits per heavy atom. The van der Waals surface area contributed by atoms with Gasteiger partial charge in [-0.1, -0.05) is 21.3 Å². The van der Waals surface area contributed by atoms with E-state index in [4.69, 9.17) is 1.41 Å². The second-order valence-electron chi connectivity index (χ2n) is 0. The first-order valence-corrected chi connectivity index (χ1v) is 1.50. The van der Waals surface area contributed by atoms with E-state index in [0.717, 1.165) is 0 Å². The Balaban J connectivity index is -0.00000000567. The van der Waals surface area contributed by atoms with Gasteiger partial charge in [0, 0.05) is 32.7 Å². The van der Waals surface area contributed by atoms with Gasteiger partial charge in [-0.3, -0.25) is 0 Å². The zero-order valence-corrected chi connectivity index (χ0v) is 7.92. The molecule has 0 fully saturated rings. The van der Waals surface area contributed by atoms with Crippen molar-refractivity contribution < 1.29 is 34.1 Å². The molecule has 0 unspecified atom stereocenters. The second kappa shape index (κ2) is 229. The van der Waals surface area contributed by atoms with Crippen molar-refractivity contribution in [2.45, 2.75) is 21.3 Å². The van der Waals surface area contributed by atoms with Crippen molar-refractivity contribution in [1.82, 2.24) is 0 Å². The largest absolute Gasteiger partial charge is 0.358 e. The van der Waals surface area contributed by atoms with Crippen LogP contribution in [-0.4, -0.2) is 7.05 Å². The van der Waals surface area contributed by atoms with Crippen LogP contribution in [0.25, 0.3) is 0 Å². The van der Waals surface area contributed by atoms with Crippen molar-refractivity contribution in [2.75, 3.05) is 7.05 Å². The van der Waals surface area contributed by atoms with Crippen LogP contribution in [0.5, 0.6) is 0 Å². The SMILES string of the molecule is C.CC.[2H]NC.[CH3-].[Y]. The molecule has 0 heterocycles. The molecule has 0 rings (SSSR count). The topological polar surface area (TPSA) is 26.0 Å². The summed E-state index contributed by atoms with van der Waals surface area (Å²) < 4.78 is 5.96. The number of nitrogens with two attached hydrogens (primary N) is 1. The van der Waals surface area contributed by atoms with Crippen LogP contribution in [0.3, 0.4) is 0 Å². The normalized spacial score (nSPS) is 3.57. The zero-order valence-electron chi connectivity index (χ0n) is 6.08. The van der Waals surface area contributed by atoms with Crippen LogP contribution in [0.1, 0.15) is 21.3 Å². The summed E-state index contributed by atoms with van der Waals surface area (Å²) in [5.41, 5.74) is 2.00. The fourth-order valence-electron chi connectivity index (χ4n) is 0. The third-order valence-electron chi connectivity index (χ3n) is 0. The van der Waals surface area contributed by atoms with Crippen molar-refractivity contribution in [3.05, 3.63) is 7.43 Å². The quantitative estimate of drug-likeness (QED) is 0.567. The summed E-state index contributed by atoms with van der Waals surface area (Å²) in [5, 5.41) is 0. The van der Waals surface area contributed by atoms with Gasteiger partial charge in [-0.25, -0.2) is 0 Å². The van der Waals surface area contributed by atoms with E-state index in [2.05, 4.69) is 0 Å². The summed E-state index contributed by atoms with van der Waals surface area (Å²) in [6, 6.07) is 0. The minimum atomic E-state index is 0. The van der Waals surface area contributed by atoms with Gasteiger partial charge in [0.2, 0.25) is 0 Å². The molecule has 1 nitrogen and oxygen atoms in total. The molecule has 0 aromatic heterocycles. The molecule has 47 valence electrons. The van der Waals surface area contributed by atoms with Gasteiger partial charge in [0.25, 0.3) is 0 Å². The molecule has 0 aliphatic rings. The molecule has 0 saturated heterocycles. The molecule has 0 aromatic rings. The first-order valence-electron chi connectivity index (χ1n) is 2.00. The third-order valence-corrected chi connectivity index (χ3v) is 0. The predicted molar refractivity (Wildman–Crippen MR) is 34.6 cm³/mol. The van der Waals surface area contributed by atoms with Gasteiger partial charge in [-0.05, 0) is 7.05 Å².